The Kier molecular flexibility index (Phi) is 6.46. The molecule has 0 radical (unpaired) electrons. The summed E-state index contributed by atoms with van der Waals surface area (Å²) in [6.45, 7) is 2.77. The molecule has 0 aliphatic heterocycles. The maximum absolute atomic E-state index is 12.4. The van der Waals surface area contributed by atoms with Gasteiger partial charge in [-0.2, -0.15) is 0 Å². The summed E-state index contributed by atoms with van der Waals surface area (Å²) in [6, 6.07) is 22.2. The number of methoxy groups -OCH3 is 1. The Morgan fingerprint density at radius 3 is 2.00 bits per heavy atom. The van der Waals surface area contributed by atoms with Crippen LogP contribution in [0, 0.1) is 6.92 Å². The van der Waals surface area contributed by atoms with E-state index in [1.165, 1.54) is 0 Å². The summed E-state index contributed by atoms with van der Waals surface area (Å²) in [4.78, 5) is 12.4. The quantitative estimate of drug-likeness (QED) is 0.414. The summed E-state index contributed by atoms with van der Waals surface area (Å²) in [5, 5.41) is 11.1. The maximum Gasteiger partial charge on any atom is 0.251 e. The van der Waals surface area contributed by atoms with Crippen LogP contribution in [0.5, 0.6) is 11.5 Å². The van der Waals surface area contributed by atoms with Crippen LogP contribution >= 0.6 is 0 Å². The summed E-state index contributed by atoms with van der Waals surface area (Å²) in [5.74, 6) is 2.16. The molecule has 1 amide bonds. The van der Waals surface area contributed by atoms with E-state index in [4.69, 9.17) is 13.9 Å². The van der Waals surface area contributed by atoms with Crippen LogP contribution in [0.1, 0.15) is 15.9 Å². The molecule has 0 saturated carbocycles. The Morgan fingerprint density at radius 2 is 1.41 bits per heavy atom. The topological polar surface area (TPSA) is 86.5 Å². The molecule has 1 N–H and O–H groups in total. The van der Waals surface area contributed by atoms with E-state index >= 15 is 0 Å². The molecular formula is C25H23N3O4. The number of amides is 1. The number of nitrogens with zero attached hydrogens (tertiary/aromatic N) is 2. The first-order chi connectivity index (χ1) is 15.6. The Bertz CT molecular complexity index is 1170. The largest absolute Gasteiger partial charge is 0.497 e. The van der Waals surface area contributed by atoms with Crippen molar-refractivity contribution in [3.8, 4) is 34.4 Å². The van der Waals surface area contributed by atoms with Crippen molar-refractivity contribution < 1.29 is 18.7 Å². The van der Waals surface area contributed by atoms with Gasteiger partial charge < -0.3 is 19.2 Å². The highest BCUT2D eigenvalue weighted by atomic mass is 16.5. The molecule has 4 aromatic rings. The fraction of sp³-hybridized carbons (Fsp3) is 0.160. The Balaban J connectivity index is 1.30. The van der Waals surface area contributed by atoms with Gasteiger partial charge in [0.25, 0.3) is 5.91 Å². The number of benzene rings is 3. The highest BCUT2D eigenvalue weighted by Crippen LogP contribution is 2.24. The second-order valence-corrected chi connectivity index (χ2v) is 7.14. The SMILES string of the molecule is COc1ccc(OCCNC(=O)c2ccc(-c3nnc(-c4ccc(C)cc4)o3)cc2)cc1. The van der Waals surface area contributed by atoms with E-state index in [1.54, 1.807) is 31.4 Å². The summed E-state index contributed by atoms with van der Waals surface area (Å²) in [5.41, 5.74) is 3.31. The van der Waals surface area contributed by atoms with Crippen LogP contribution in [0.3, 0.4) is 0 Å². The zero-order valence-electron chi connectivity index (χ0n) is 17.9. The van der Waals surface area contributed by atoms with Crippen molar-refractivity contribution in [2.45, 2.75) is 6.92 Å². The normalized spacial score (nSPS) is 10.6. The number of rotatable bonds is 8. The van der Waals surface area contributed by atoms with Gasteiger partial charge in [0.2, 0.25) is 11.8 Å². The van der Waals surface area contributed by atoms with Crippen molar-refractivity contribution in [1.29, 1.82) is 0 Å². The monoisotopic (exact) mass is 429 g/mol. The average molecular weight is 429 g/mol. The van der Waals surface area contributed by atoms with E-state index in [0.717, 1.165) is 22.4 Å². The molecule has 3 aromatic carbocycles. The van der Waals surface area contributed by atoms with E-state index in [2.05, 4.69) is 15.5 Å². The Morgan fingerprint density at radius 1 is 0.844 bits per heavy atom. The van der Waals surface area contributed by atoms with Crippen molar-refractivity contribution >= 4 is 5.91 Å². The van der Waals surface area contributed by atoms with Gasteiger partial charge in [-0.05, 0) is 67.6 Å². The fourth-order valence-corrected chi connectivity index (χ4v) is 3.02. The van der Waals surface area contributed by atoms with Crippen molar-refractivity contribution in [3.63, 3.8) is 0 Å². The molecule has 4 rings (SSSR count). The molecule has 32 heavy (non-hydrogen) atoms. The van der Waals surface area contributed by atoms with Crippen molar-refractivity contribution in [3.05, 3.63) is 83.9 Å². The third-order valence-corrected chi connectivity index (χ3v) is 4.83. The molecule has 0 fully saturated rings. The lowest BCUT2D eigenvalue weighted by molar-refractivity contribution is 0.0947. The average Bonchev–Trinajstić information content (AvgIpc) is 3.33. The minimum absolute atomic E-state index is 0.180. The van der Waals surface area contributed by atoms with Gasteiger partial charge in [0.1, 0.15) is 18.1 Å². The molecule has 0 aliphatic carbocycles. The summed E-state index contributed by atoms with van der Waals surface area (Å²) >= 11 is 0. The second-order valence-electron chi connectivity index (χ2n) is 7.14. The lowest BCUT2D eigenvalue weighted by atomic mass is 10.1. The third kappa shape index (κ3) is 5.13. The molecule has 1 aromatic heterocycles. The van der Waals surface area contributed by atoms with E-state index in [9.17, 15) is 4.79 Å². The van der Waals surface area contributed by atoms with Gasteiger partial charge in [0.15, 0.2) is 0 Å². The molecule has 0 spiro atoms. The van der Waals surface area contributed by atoms with Crippen molar-refractivity contribution in [1.82, 2.24) is 15.5 Å². The van der Waals surface area contributed by atoms with Gasteiger partial charge in [0, 0.05) is 16.7 Å². The number of nitrogens with one attached hydrogen (secondary N) is 1. The summed E-state index contributed by atoms with van der Waals surface area (Å²) in [7, 11) is 1.61. The molecule has 0 aliphatic rings. The zero-order valence-corrected chi connectivity index (χ0v) is 17.9. The minimum atomic E-state index is -0.180. The molecule has 1 heterocycles. The highest BCUT2D eigenvalue weighted by molar-refractivity contribution is 5.94. The standard InChI is InChI=1S/C25H23N3O4/c1-17-3-5-19(6-4-17)24-27-28-25(32-24)20-9-7-18(8-10-20)23(29)26-15-16-31-22-13-11-21(30-2)12-14-22/h3-14H,15-16H2,1-2H3,(H,26,29). The van der Waals surface area contributed by atoms with E-state index in [0.29, 0.717) is 36.2 Å². The van der Waals surface area contributed by atoms with Crippen LogP contribution in [0.2, 0.25) is 0 Å². The number of carbonyl (C=O) groups is 1. The first-order valence-electron chi connectivity index (χ1n) is 10.2. The van der Waals surface area contributed by atoms with Crippen LogP contribution in [0.4, 0.5) is 0 Å². The molecule has 0 bridgehead atoms. The van der Waals surface area contributed by atoms with Gasteiger partial charge in [-0.15, -0.1) is 10.2 Å². The third-order valence-electron chi connectivity index (χ3n) is 4.83. The molecule has 162 valence electrons. The van der Waals surface area contributed by atoms with Gasteiger partial charge in [-0.25, -0.2) is 0 Å². The van der Waals surface area contributed by atoms with Gasteiger partial charge in [0.05, 0.1) is 13.7 Å². The van der Waals surface area contributed by atoms with Crippen molar-refractivity contribution in [2.75, 3.05) is 20.3 Å². The van der Waals surface area contributed by atoms with Gasteiger partial charge in [-0.3, -0.25) is 4.79 Å². The highest BCUT2D eigenvalue weighted by Gasteiger charge is 2.12. The fourth-order valence-electron chi connectivity index (χ4n) is 3.02. The predicted molar refractivity (Wildman–Crippen MR) is 121 cm³/mol. The molecule has 7 heteroatoms. The van der Waals surface area contributed by atoms with E-state index in [-0.39, 0.29) is 5.91 Å². The Hall–Kier alpha value is -4.13. The Labute approximate surface area is 186 Å². The number of aryl methyl sites for hydroxylation is 1. The second kappa shape index (κ2) is 9.78. The minimum Gasteiger partial charge on any atom is -0.497 e. The summed E-state index contributed by atoms with van der Waals surface area (Å²) in [6.07, 6.45) is 0. The smallest absolute Gasteiger partial charge is 0.251 e. The molecule has 0 unspecified atom stereocenters. The van der Waals surface area contributed by atoms with Crippen LogP contribution in [0.15, 0.2) is 77.2 Å². The van der Waals surface area contributed by atoms with Gasteiger partial charge in [-0.1, -0.05) is 17.7 Å². The molecular weight excluding hydrogens is 406 g/mol. The van der Waals surface area contributed by atoms with Crippen LogP contribution in [0.25, 0.3) is 22.9 Å². The first-order valence-corrected chi connectivity index (χ1v) is 10.2. The van der Waals surface area contributed by atoms with E-state index in [1.807, 2.05) is 55.5 Å². The number of carbonyl (C=O) groups excluding carboxylic acids is 1. The van der Waals surface area contributed by atoms with E-state index < -0.39 is 0 Å². The van der Waals surface area contributed by atoms with Crippen LogP contribution in [-0.2, 0) is 0 Å². The lowest BCUT2D eigenvalue weighted by Gasteiger charge is -2.08. The summed E-state index contributed by atoms with van der Waals surface area (Å²) < 4.78 is 16.5. The molecule has 0 atom stereocenters. The maximum atomic E-state index is 12.4. The van der Waals surface area contributed by atoms with Crippen molar-refractivity contribution in [2.24, 2.45) is 0 Å². The molecule has 0 saturated heterocycles. The number of hydrogen-bond donors (Lipinski definition) is 1. The number of aromatic nitrogens is 2. The number of hydrogen-bond acceptors (Lipinski definition) is 6. The lowest BCUT2D eigenvalue weighted by Crippen LogP contribution is -2.28. The number of ether oxygens (including phenoxy) is 2. The van der Waals surface area contributed by atoms with Crippen LogP contribution in [-0.4, -0.2) is 36.4 Å². The predicted octanol–water partition coefficient (Wildman–Crippen LogP) is 4.53. The van der Waals surface area contributed by atoms with Gasteiger partial charge >= 0.3 is 0 Å². The first kappa shape index (κ1) is 21.1. The van der Waals surface area contributed by atoms with Crippen LogP contribution < -0.4 is 14.8 Å². The zero-order chi connectivity index (χ0) is 22.3. The molecule has 7 nitrogen and oxygen atoms in total.